The molecule has 0 heterocycles. The van der Waals surface area contributed by atoms with Gasteiger partial charge in [0.2, 0.25) is 0 Å². The normalized spacial score (nSPS) is 10.9. The summed E-state index contributed by atoms with van der Waals surface area (Å²) in [6.07, 6.45) is 22.8. The molecule has 224 valence electrons. The summed E-state index contributed by atoms with van der Waals surface area (Å²) in [4.78, 5) is 0. The van der Waals surface area contributed by atoms with Crippen molar-refractivity contribution >= 4 is 11.1 Å². The third kappa shape index (κ3) is 23.5. The van der Waals surface area contributed by atoms with Gasteiger partial charge in [0.15, 0.2) is 0 Å². The lowest BCUT2D eigenvalue weighted by Crippen LogP contribution is -1.89. The number of unbranched alkanes of at least 4 members (excludes halogenated alkanes) is 11. The molecule has 0 unspecified atom stereocenters. The van der Waals surface area contributed by atoms with E-state index in [-0.39, 0.29) is 7.43 Å². The summed E-state index contributed by atoms with van der Waals surface area (Å²) >= 11 is 0. The average Bonchev–Trinajstić information content (AvgIpc) is 2.88. The van der Waals surface area contributed by atoms with Crippen molar-refractivity contribution < 1.29 is 0 Å². The molecular formula is C39H68. The van der Waals surface area contributed by atoms with Crippen LogP contribution in [-0.2, 0) is 0 Å². The van der Waals surface area contributed by atoms with Crippen LogP contribution in [0, 0.1) is 6.92 Å². The summed E-state index contributed by atoms with van der Waals surface area (Å²) in [5.74, 6) is 0. The highest BCUT2D eigenvalue weighted by Crippen LogP contribution is 2.24. The molecule has 0 bridgehead atoms. The van der Waals surface area contributed by atoms with E-state index in [1.54, 1.807) is 0 Å². The van der Waals surface area contributed by atoms with Crippen LogP contribution in [0.2, 0.25) is 0 Å². The van der Waals surface area contributed by atoms with E-state index in [2.05, 4.69) is 84.7 Å². The number of hydrogen-bond acceptors (Lipinski definition) is 0. The number of benzene rings is 1. The van der Waals surface area contributed by atoms with Crippen LogP contribution in [0.5, 0.6) is 0 Å². The summed E-state index contributed by atoms with van der Waals surface area (Å²) in [5.41, 5.74) is 9.68. The first-order chi connectivity index (χ1) is 18.0. The zero-order valence-corrected chi connectivity index (χ0v) is 27.2. The molecule has 1 aromatic rings. The Bertz CT molecular complexity index is 831. The van der Waals surface area contributed by atoms with Crippen molar-refractivity contribution in [1.82, 2.24) is 0 Å². The third-order valence-electron chi connectivity index (χ3n) is 6.82. The van der Waals surface area contributed by atoms with E-state index < -0.39 is 0 Å². The highest BCUT2D eigenvalue weighted by Gasteiger charge is 2.03. The predicted octanol–water partition coefficient (Wildman–Crippen LogP) is 14.3. The molecule has 0 amide bonds. The Morgan fingerprint density at radius 1 is 0.667 bits per heavy atom. The topological polar surface area (TPSA) is 0 Å². The Kier molecular flexibility index (Phi) is 29.2. The molecule has 0 aromatic heterocycles. The van der Waals surface area contributed by atoms with Gasteiger partial charge in [-0.05, 0) is 64.7 Å². The second kappa shape index (κ2) is 27.5. The number of rotatable bonds is 16. The fourth-order valence-corrected chi connectivity index (χ4v) is 4.12. The predicted molar refractivity (Wildman–Crippen MR) is 187 cm³/mol. The van der Waals surface area contributed by atoms with Gasteiger partial charge < -0.3 is 0 Å². The van der Waals surface area contributed by atoms with Crippen molar-refractivity contribution in [3.05, 3.63) is 83.5 Å². The van der Waals surface area contributed by atoms with E-state index >= 15 is 0 Å². The lowest BCUT2D eigenvalue weighted by Gasteiger charge is -2.09. The first-order valence-corrected chi connectivity index (χ1v) is 15.5. The fraction of sp³-hybridized carbons (Fsp3) is 0.590. The van der Waals surface area contributed by atoms with E-state index in [4.69, 9.17) is 0 Å². The Morgan fingerprint density at radius 2 is 1.08 bits per heavy atom. The highest BCUT2D eigenvalue weighted by molar-refractivity contribution is 5.76. The average molecular weight is 537 g/mol. The minimum absolute atomic E-state index is 0. The molecule has 39 heavy (non-hydrogen) atoms. The zero-order chi connectivity index (χ0) is 29.3. The van der Waals surface area contributed by atoms with Gasteiger partial charge in [0.1, 0.15) is 0 Å². The molecule has 0 fully saturated rings. The van der Waals surface area contributed by atoms with Crippen LogP contribution in [0.1, 0.15) is 163 Å². The van der Waals surface area contributed by atoms with E-state index in [1.165, 1.54) is 105 Å². The van der Waals surface area contributed by atoms with Crippen molar-refractivity contribution in [1.29, 1.82) is 0 Å². The fourth-order valence-electron chi connectivity index (χ4n) is 4.12. The molecule has 0 aliphatic heterocycles. The minimum atomic E-state index is 0. The van der Waals surface area contributed by atoms with Crippen LogP contribution in [0.4, 0.5) is 0 Å². The maximum Gasteiger partial charge on any atom is -0.0156 e. The Morgan fingerprint density at radius 3 is 1.38 bits per heavy atom. The van der Waals surface area contributed by atoms with Crippen LogP contribution in [0.15, 0.2) is 66.8 Å². The molecule has 0 atom stereocenters. The van der Waals surface area contributed by atoms with Crippen molar-refractivity contribution in [3.63, 3.8) is 0 Å². The number of aryl methyl sites for hydroxylation is 1. The summed E-state index contributed by atoms with van der Waals surface area (Å²) in [6, 6.07) is 6.38. The molecule has 0 saturated carbocycles. The van der Waals surface area contributed by atoms with Gasteiger partial charge in [-0.3, -0.25) is 0 Å². The second-order valence-corrected chi connectivity index (χ2v) is 11.0. The third-order valence-corrected chi connectivity index (χ3v) is 6.82. The molecular weight excluding hydrogens is 468 g/mol. The molecule has 0 aliphatic carbocycles. The van der Waals surface area contributed by atoms with Crippen LogP contribution in [0.3, 0.4) is 0 Å². The molecule has 0 saturated heterocycles. The summed E-state index contributed by atoms with van der Waals surface area (Å²) in [6.45, 7) is 30.9. The molecule has 0 heteroatoms. The van der Waals surface area contributed by atoms with E-state index in [0.717, 1.165) is 23.1 Å². The smallest absolute Gasteiger partial charge is 0.0156 e. The Hall–Kier alpha value is -2.08. The minimum Gasteiger partial charge on any atom is -0.0955 e. The lowest BCUT2D eigenvalue weighted by atomic mass is 9.96. The first-order valence-electron chi connectivity index (χ1n) is 15.5. The van der Waals surface area contributed by atoms with Crippen molar-refractivity contribution in [2.24, 2.45) is 0 Å². The van der Waals surface area contributed by atoms with Gasteiger partial charge >= 0.3 is 0 Å². The quantitative estimate of drug-likeness (QED) is 0.145. The molecule has 0 spiro atoms. The van der Waals surface area contributed by atoms with Gasteiger partial charge in [-0.15, -0.1) is 0 Å². The molecule has 0 N–H and O–H groups in total. The van der Waals surface area contributed by atoms with Crippen molar-refractivity contribution in [2.75, 3.05) is 0 Å². The van der Waals surface area contributed by atoms with Gasteiger partial charge in [0.25, 0.3) is 0 Å². The first kappa shape index (κ1) is 41.4. The Balaban J connectivity index is -0.000000496. The maximum absolute atomic E-state index is 3.97. The van der Waals surface area contributed by atoms with E-state index in [9.17, 15) is 0 Å². The standard InChI is InChI=1S/C14H30.C13H16.C11H18.CH4/c1-3-5-7-9-11-13-14-12-10-8-6-4-2;1-9(2)12-7-6-11(5)8-13(12)10(3)4;1-6-10(5)8-11(7-2)9(3)4;/h3-14H2,1-2H3;6-8H,1,3H2,2,4-5H3;7-8H,3,6H2,1-2,4-5H3;1H4/b;;10-8+,11-7+;. The molecule has 1 aromatic carbocycles. The summed E-state index contributed by atoms with van der Waals surface area (Å²) in [7, 11) is 0. The summed E-state index contributed by atoms with van der Waals surface area (Å²) < 4.78 is 0. The molecule has 1 rings (SSSR count). The van der Waals surface area contributed by atoms with Crippen LogP contribution >= 0.6 is 0 Å². The van der Waals surface area contributed by atoms with Gasteiger partial charge in [-0.2, -0.15) is 0 Å². The van der Waals surface area contributed by atoms with Crippen LogP contribution in [0.25, 0.3) is 11.1 Å². The van der Waals surface area contributed by atoms with Crippen LogP contribution < -0.4 is 0 Å². The largest absolute Gasteiger partial charge is 0.0955 e. The van der Waals surface area contributed by atoms with Crippen molar-refractivity contribution in [2.45, 2.75) is 153 Å². The van der Waals surface area contributed by atoms with Crippen molar-refractivity contribution in [3.8, 4) is 0 Å². The Labute approximate surface area is 247 Å². The van der Waals surface area contributed by atoms with Gasteiger partial charge in [0.05, 0.1) is 0 Å². The SMILES string of the molecule is C.C=C(C)C(/C=C(\C)CC)=C/C.C=C(C)c1ccc(C)cc1C(=C)C.CCCCCCCCCCCCCC. The van der Waals surface area contributed by atoms with E-state index in [1.807, 2.05) is 27.7 Å². The monoisotopic (exact) mass is 537 g/mol. The lowest BCUT2D eigenvalue weighted by molar-refractivity contribution is 0.548. The molecule has 0 aliphatic rings. The molecule has 0 radical (unpaired) electrons. The van der Waals surface area contributed by atoms with Gasteiger partial charge in [-0.1, -0.05) is 183 Å². The van der Waals surface area contributed by atoms with Gasteiger partial charge in [0, 0.05) is 0 Å². The second-order valence-electron chi connectivity index (χ2n) is 11.0. The number of hydrogen-bond donors (Lipinski definition) is 0. The van der Waals surface area contributed by atoms with Crippen LogP contribution in [-0.4, -0.2) is 0 Å². The van der Waals surface area contributed by atoms with E-state index in [0.29, 0.717) is 0 Å². The maximum atomic E-state index is 3.97. The molecule has 0 nitrogen and oxygen atoms in total. The highest BCUT2D eigenvalue weighted by atomic mass is 14.1. The zero-order valence-electron chi connectivity index (χ0n) is 27.2. The van der Waals surface area contributed by atoms with Gasteiger partial charge in [-0.25, -0.2) is 0 Å². The number of allylic oxidation sites excluding steroid dienone is 7. The summed E-state index contributed by atoms with van der Waals surface area (Å²) in [5, 5.41) is 0.